The van der Waals surface area contributed by atoms with Gasteiger partial charge in [0.2, 0.25) is 0 Å². The topological polar surface area (TPSA) is 37.8 Å². The molecule has 3 nitrogen and oxygen atoms in total. The molecule has 0 unspecified atom stereocenters. The van der Waals surface area contributed by atoms with Gasteiger partial charge >= 0.3 is 0 Å². The van der Waals surface area contributed by atoms with Crippen LogP contribution in [0.5, 0.6) is 0 Å². The van der Waals surface area contributed by atoms with Crippen molar-refractivity contribution in [3.63, 3.8) is 0 Å². The Morgan fingerprint density at radius 1 is 1.25 bits per heavy atom. The predicted molar refractivity (Wildman–Crippen MR) is 89.4 cm³/mol. The van der Waals surface area contributed by atoms with Crippen LogP contribution in [-0.2, 0) is 0 Å². The summed E-state index contributed by atoms with van der Waals surface area (Å²) in [5.74, 6) is 2.08. The number of hydrogen-bond acceptors (Lipinski definition) is 3. The first-order valence-corrected chi connectivity index (χ1v) is 8.27. The Bertz CT molecular complexity index is 672. The second-order valence-electron chi connectivity index (χ2n) is 4.74. The lowest BCUT2D eigenvalue weighted by atomic mass is 10.2. The molecule has 0 bridgehead atoms. The van der Waals surface area contributed by atoms with Crippen molar-refractivity contribution in [2.24, 2.45) is 0 Å². The summed E-state index contributed by atoms with van der Waals surface area (Å²) >= 11 is 13.1. The van der Waals surface area contributed by atoms with E-state index in [1.54, 1.807) is 0 Å². The molecule has 0 aliphatic heterocycles. The van der Waals surface area contributed by atoms with Gasteiger partial charge in [-0.1, -0.05) is 11.6 Å². The zero-order valence-corrected chi connectivity index (χ0v) is 14.7. The third-order valence-corrected chi connectivity index (χ3v) is 4.92. The summed E-state index contributed by atoms with van der Waals surface area (Å²) in [5.41, 5.74) is 2.03. The van der Waals surface area contributed by atoms with E-state index < -0.39 is 0 Å². The first-order chi connectivity index (χ1) is 9.60. The highest BCUT2D eigenvalue weighted by atomic mass is 79.9. The maximum atomic E-state index is 5.99. The molecule has 2 aromatic rings. The predicted octanol–water partition coefficient (Wildman–Crippen LogP) is 5.24. The maximum absolute atomic E-state index is 5.99. The molecule has 1 fully saturated rings. The van der Waals surface area contributed by atoms with Gasteiger partial charge in [-0.15, -0.1) is 0 Å². The van der Waals surface area contributed by atoms with Crippen LogP contribution in [-0.4, -0.2) is 17.0 Å². The van der Waals surface area contributed by atoms with Crippen molar-refractivity contribution < 1.29 is 0 Å². The van der Waals surface area contributed by atoms with Gasteiger partial charge < -0.3 is 5.32 Å². The molecule has 1 N–H and O–H groups in total. The number of halogens is 3. The Balaban J connectivity index is 2.15. The van der Waals surface area contributed by atoms with Crippen LogP contribution in [0.2, 0.25) is 5.02 Å². The Labute approximate surface area is 139 Å². The molecule has 1 heterocycles. The normalized spacial score (nSPS) is 14.4. The Kier molecular flexibility index (Phi) is 4.02. The Morgan fingerprint density at radius 3 is 2.60 bits per heavy atom. The van der Waals surface area contributed by atoms with Gasteiger partial charge in [-0.2, -0.15) is 0 Å². The smallest absolute Gasteiger partial charge is 0.162 e. The highest BCUT2D eigenvalue weighted by Crippen LogP contribution is 2.44. The minimum atomic E-state index is 0.546. The molecule has 0 saturated heterocycles. The van der Waals surface area contributed by atoms with E-state index in [1.165, 1.54) is 12.8 Å². The first kappa shape index (κ1) is 14.3. The van der Waals surface area contributed by atoms with Crippen LogP contribution in [0.4, 0.5) is 5.82 Å². The molecule has 0 radical (unpaired) electrons. The van der Waals surface area contributed by atoms with E-state index in [-0.39, 0.29) is 0 Å². The van der Waals surface area contributed by atoms with Crippen molar-refractivity contribution in [3.05, 3.63) is 37.9 Å². The monoisotopic (exact) mass is 415 g/mol. The van der Waals surface area contributed by atoms with Crippen LogP contribution in [0.25, 0.3) is 11.4 Å². The summed E-state index contributed by atoms with van der Waals surface area (Å²) < 4.78 is 1.87. The number of benzene rings is 1. The van der Waals surface area contributed by atoms with Crippen molar-refractivity contribution >= 4 is 49.3 Å². The van der Waals surface area contributed by atoms with Gasteiger partial charge in [0.05, 0.1) is 10.2 Å². The summed E-state index contributed by atoms with van der Waals surface area (Å²) in [6.45, 7) is 0. The molecular weight excluding hydrogens is 405 g/mol. The number of nitrogens with one attached hydrogen (secondary N) is 1. The third kappa shape index (κ3) is 2.71. The van der Waals surface area contributed by atoms with E-state index in [0.717, 1.165) is 26.0 Å². The van der Waals surface area contributed by atoms with Crippen molar-refractivity contribution in [3.8, 4) is 11.4 Å². The minimum absolute atomic E-state index is 0.546. The molecule has 1 saturated carbocycles. The summed E-state index contributed by atoms with van der Waals surface area (Å²) in [7, 11) is 1.87. The summed E-state index contributed by atoms with van der Waals surface area (Å²) in [5, 5.41) is 3.81. The third-order valence-electron chi connectivity index (χ3n) is 3.25. The molecule has 1 aromatic heterocycles. The molecule has 0 atom stereocenters. The standard InChI is InChI=1S/C14H12Br2ClN3/c1-18-14-11(16)12(7-2-3-7)19-13(20-14)9-5-4-8(17)6-10(9)15/h4-7H,2-3H2,1H3,(H,18,19,20). The van der Waals surface area contributed by atoms with Crippen molar-refractivity contribution in [2.75, 3.05) is 12.4 Å². The molecule has 1 aliphatic rings. The fourth-order valence-electron chi connectivity index (χ4n) is 2.05. The van der Waals surface area contributed by atoms with Gasteiger partial charge in [0.1, 0.15) is 5.82 Å². The summed E-state index contributed by atoms with van der Waals surface area (Å²) in [6, 6.07) is 5.65. The lowest BCUT2D eigenvalue weighted by Gasteiger charge is -2.11. The summed E-state index contributed by atoms with van der Waals surface area (Å²) in [6.07, 6.45) is 2.39. The zero-order valence-electron chi connectivity index (χ0n) is 10.8. The van der Waals surface area contributed by atoms with Crippen LogP contribution in [0.1, 0.15) is 24.5 Å². The fourth-order valence-corrected chi connectivity index (χ4v) is 3.61. The lowest BCUT2D eigenvalue weighted by Crippen LogP contribution is -2.03. The van der Waals surface area contributed by atoms with Gasteiger partial charge in [-0.25, -0.2) is 9.97 Å². The minimum Gasteiger partial charge on any atom is -0.372 e. The molecule has 0 spiro atoms. The lowest BCUT2D eigenvalue weighted by molar-refractivity contribution is 0.980. The largest absolute Gasteiger partial charge is 0.372 e. The highest BCUT2D eigenvalue weighted by molar-refractivity contribution is 9.11. The van der Waals surface area contributed by atoms with Gasteiger partial charge in [-0.3, -0.25) is 0 Å². The molecule has 20 heavy (non-hydrogen) atoms. The van der Waals surface area contributed by atoms with Gasteiger partial charge in [0.15, 0.2) is 5.82 Å². The average molecular weight is 418 g/mol. The van der Waals surface area contributed by atoms with E-state index in [1.807, 2.05) is 25.2 Å². The SMILES string of the molecule is CNc1nc(-c2ccc(Cl)cc2Br)nc(C2CC2)c1Br. The molecule has 1 aliphatic carbocycles. The number of nitrogens with zero attached hydrogens (tertiary/aromatic N) is 2. The van der Waals surface area contributed by atoms with E-state index in [4.69, 9.17) is 16.6 Å². The molecular formula is C14H12Br2ClN3. The fraction of sp³-hybridized carbons (Fsp3) is 0.286. The molecule has 3 rings (SSSR count). The molecule has 1 aromatic carbocycles. The van der Waals surface area contributed by atoms with Crippen LogP contribution in [0.15, 0.2) is 27.1 Å². The van der Waals surface area contributed by atoms with Crippen molar-refractivity contribution in [1.82, 2.24) is 9.97 Å². The average Bonchev–Trinajstić information content (AvgIpc) is 3.24. The van der Waals surface area contributed by atoms with Crippen LogP contribution < -0.4 is 5.32 Å². The summed E-state index contributed by atoms with van der Waals surface area (Å²) in [4.78, 5) is 9.31. The van der Waals surface area contributed by atoms with E-state index in [2.05, 4.69) is 42.2 Å². The number of aromatic nitrogens is 2. The number of rotatable bonds is 3. The van der Waals surface area contributed by atoms with Crippen LogP contribution in [0, 0.1) is 0 Å². The van der Waals surface area contributed by atoms with Crippen molar-refractivity contribution in [2.45, 2.75) is 18.8 Å². The first-order valence-electron chi connectivity index (χ1n) is 6.30. The van der Waals surface area contributed by atoms with E-state index >= 15 is 0 Å². The quantitative estimate of drug-likeness (QED) is 0.742. The number of anilines is 1. The zero-order chi connectivity index (χ0) is 14.3. The Morgan fingerprint density at radius 2 is 2.00 bits per heavy atom. The van der Waals surface area contributed by atoms with Crippen LogP contribution in [0.3, 0.4) is 0 Å². The van der Waals surface area contributed by atoms with Gasteiger partial charge in [-0.05, 0) is 62.9 Å². The molecule has 104 valence electrons. The molecule has 0 amide bonds. The van der Waals surface area contributed by atoms with Gasteiger partial charge in [0, 0.05) is 28.0 Å². The number of hydrogen-bond donors (Lipinski definition) is 1. The maximum Gasteiger partial charge on any atom is 0.162 e. The second kappa shape index (κ2) is 5.62. The van der Waals surface area contributed by atoms with E-state index in [9.17, 15) is 0 Å². The van der Waals surface area contributed by atoms with E-state index in [0.29, 0.717) is 16.8 Å². The van der Waals surface area contributed by atoms with Crippen molar-refractivity contribution in [1.29, 1.82) is 0 Å². The second-order valence-corrected chi connectivity index (χ2v) is 6.83. The van der Waals surface area contributed by atoms with Gasteiger partial charge in [0.25, 0.3) is 0 Å². The van der Waals surface area contributed by atoms with Crippen LogP contribution >= 0.6 is 43.5 Å². The Hall–Kier alpha value is -0.650. The molecule has 6 heteroatoms. The highest BCUT2D eigenvalue weighted by Gasteiger charge is 2.29.